The molecule has 3 aromatic rings. The highest BCUT2D eigenvalue weighted by molar-refractivity contribution is 7.99. The first-order chi connectivity index (χ1) is 12.2. The summed E-state index contributed by atoms with van der Waals surface area (Å²) in [5.41, 5.74) is 0.944. The van der Waals surface area contributed by atoms with Gasteiger partial charge in [-0.1, -0.05) is 54.2 Å². The smallest absolute Gasteiger partial charge is 0.149 e. The van der Waals surface area contributed by atoms with Crippen LogP contribution in [0.25, 0.3) is 0 Å². The highest BCUT2D eigenvalue weighted by Crippen LogP contribution is 2.55. The van der Waals surface area contributed by atoms with Crippen molar-refractivity contribution in [1.82, 2.24) is 0 Å². The van der Waals surface area contributed by atoms with Crippen molar-refractivity contribution in [2.45, 2.75) is 15.4 Å². The molecule has 0 aromatic heterocycles. The van der Waals surface area contributed by atoms with Crippen LogP contribution in [-0.2, 0) is 5.60 Å². The van der Waals surface area contributed by atoms with Crippen LogP contribution in [0.4, 0.5) is 0 Å². The van der Waals surface area contributed by atoms with Gasteiger partial charge < -0.3 is 14.6 Å². The third-order valence-electron chi connectivity index (χ3n) is 4.56. The van der Waals surface area contributed by atoms with Gasteiger partial charge in [0, 0.05) is 26.5 Å². The van der Waals surface area contributed by atoms with Gasteiger partial charge in [0.15, 0.2) is 0 Å². The zero-order valence-electron chi connectivity index (χ0n) is 14.0. The Kier molecular flexibility index (Phi) is 3.94. The molecular formula is C21H18O3S. The lowest BCUT2D eigenvalue weighted by Gasteiger charge is -2.38. The second-order valence-electron chi connectivity index (χ2n) is 5.84. The molecule has 4 rings (SSSR count). The molecule has 3 nitrogen and oxygen atoms in total. The second-order valence-corrected chi connectivity index (χ2v) is 6.93. The average Bonchev–Trinajstić information content (AvgIpc) is 2.67. The highest BCUT2D eigenvalue weighted by atomic mass is 32.2. The molecule has 0 saturated carbocycles. The molecule has 0 aliphatic carbocycles. The van der Waals surface area contributed by atoms with Crippen molar-refractivity contribution in [2.24, 2.45) is 0 Å². The van der Waals surface area contributed by atoms with Gasteiger partial charge in [-0.3, -0.25) is 0 Å². The quantitative estimate of drug-likeness (QED) is 0.757. The van der Waals surface area contributed by atoms with Gasteiger partial charge in [-0.05, 0) is 24.3 Å². The minimum Gasteiger partial charge on any atom is -0.496 e. The van der Waals surface area contributed by atoms with Crippen LogP contribution in [0.1, 0.15) is 16.7 Å². The maximum atomic E-state index is 12.1. The Morgan fingerprint density at radius 2 is 1.32 bits per heavy atom. The molecule has 126 valence electrons. The molecule has 25 heavy (non-hydrogen) atoms. The summed E-state index contributed by atoms with van der Waals surface area (Å²) in [7, 11) is 3.25. The third-order valence-corrected chi connectivity index (χ3v) is 5.70. The zero-order valence-corrected chi connectivity index (χ0v) is 14.8. The van der Waals surface area contributed by atoms with Crippen LogP contribution in [0, 0.1) is 0 Å². The van der Waals surface area contributed by atoms with E-state index in [1.54, 1.807) is 26.0 Å². The number of ether oxygens (including phenoxy) is 2. The Morgan fingerprint density at radius 3 is 2.08 bits per heavy atom. The molecule has 1 aliphatic heterocycles. The Morgan fingerprint density at radius 1 is 0.720 bits per heavy atom. The number of fused-ring (bicyclic) bond motifs is 2. The molecule has 1 heterocycles. The summed E-state index contributed by atoms with van der Waals surface area (Å²) in [6.45, 7) is 0. The first-order valence-corrected chi connectivity index (χ1v) is 8.82. The van der Waals surface area contributed by atoms with E-state index in [9.17, 15) is 5.11 Å². The van der Waals surface area contributed by atoms with Crippen LogP contribution >= 0.6 is 11.8 Å². The summed E-state index contributed by atoms with van der Waals surface area (Å²) >= 11 is 1.64. The molecule has 0 saturated heterocycles. The first-order valence-electron chi connectivity index (χ1n) is 8.01. The SMILES string of the molecule is COc1ccccc1C1(O)c2ccccc2Sc2cccc(OC)c21. The Bertz CT molecular complexity index is 938. The van der Waals surface area contributed by atoms with E-state index < -0.39 is 5.60 Å². The van der Waals surface area contributed by atoms with Gasteiger partial charge in [-0.25, -0.2) is 0 Å². The van der Waals surface area contributed by atoms with E-state index in [2.05, 4.69) is 0 Å². The number of rotatable bonds is 3. The fraction of sp³-hybridized carbons (Fsp3) is 0.143. The van der Waals surface area contributed by atoms with Gasteiger partial charge in [0.1, 0.15) is 17.1 Å². The van der Waals surface area contributed by atoms with Gasteiger partial charge >= 0.3 is 0 Å². The van der Waals surface area contributed by atoms with Crippen molar-refractivity contribution in [3.8, 4) is 11.5 Å². The van der Waals surface area contributed by atoms with Crippen LogP contribution < -0.4 is 9.47 Å². The van der Waals surface area contributed by atoms with Crippen LogP contribution in [0.15, 0.2) is 76.5 Å². The molecule has 0 amide bonds. The predicted octanol–water partition coefficient (Wildman–Crippen LogP) is 4.45. The molecule has 1 atom stereocenters. The molecule has 3 aromatic carbocycles. The van der Waals surface area contributed by atoms with E-state index >= 15 is 0 Å². The molecule has 0 bridgehead atoms. The summed E-state index contributed by atoms with van der Waals surface area (Å²) < 4.78 is 11.2. The Balaban J connectivity index is 2.11. The number of methoxy groups -OCH3 is 2. The van der Waals surface area contributed by atoms with Gasteiger partial charge in [0.05, 0.1) is 14.2 Å². The average molecular weight is 350 g/mol. The van der Waals surface area contributed by atoms with E-state index in [-0.39, 0.29) is 0 Å². The van der Waals surface area contributed by atoms with E-state index in [1.165, 1.54) is 0 Å². The first kappa shape index (κ1) is 16.1. The molecule has 0 fully saturated rings. The number of para-hydroxylation sites is 1. The highest BCUT2D eigenvalue weighted by Gasteiger charge is 2.44. The lowest BCUT2D eigenvalue weighted by atomic mass is 9.79. The summed E-state index contributed by atoms with van der Waals surface area (Å²) in [6, 6.07) is 21.3. The summed E-state index contributed by atoms with van der Waals surface area (Å²) in [6.07, 6.45) is 0. The van der Waals surface area contributed by atoms with Crippen molar-refractivity contribution >= 4 is 11.8 Å². The summed E-state index contributed by atoms with van der Waals surface area (Å²) in [4.78, 5) is 2.00. The lowest BCUT2D eigenvalue weighted by Crippen LogP contribution is -2.33. The van der Waals surface area contributed by atoms with E-state index in [4.69, 9.17) is 9.47 Å². The van der Waals surface area contributed by atoms with Gasteiger partial charge in [-0.15, -0.1) is 0 Å². The summed E-state index contributed by atoms with van der Waals surface area (Å²) in [5, 5.41) is 12.1. The van der Waals surface area contributed by atoms with Crippen molar-refractivity contribution in [3.63, 3.8) is 0 Å². The maximum absolute atomic E-state index is 12.1. The fourth-order valence-corrected chi connectivity index (χ4v) is 4.66. The molecule has 4 heteroatoms. The van der Waals surface area contributed by atoms with Crippen molar-refractivity contribution in [3.05, 3.63) is 83.4 Å². The molecule has 1 unspecified atom stereocenters. The number of hydrogen-bond donors (Lipinski definition) is 1. The van der Waals surface area contributed by atoms with E-state index in [1.807, 2.05) is 66.7 Å². The number of hydrogen-bond acceptors (Lipinski definition) is 4. The van der Waals surface area contributed by atoms with Gasteiger partial charge in [0.2, 0.25) is 0 Å². The predicted molar refractivity (Wildman–Crippen MR) is 98.7 cm³/mol. The lowest BCUT2D eigenvalue weighted by molar-refractivity contribution is 0.111. The monoisotopic (exact) mass is 350 g/mol. The van der Waals surface area contributed by atoms with Gasteiger partial charge in [-0.2, -0.15) is 0 Å². The maximum Gasteiger partial charge on any atom is 0.149 e. The molecular weight excluding hydrogens is 332 g/mol. The zero-order chi connectivity index (χ0) is 17.4. The van der Waals surface area contributed by atoms with Crippen LogP contribution in [0.3, 0.4) is 0 Å². The minimum atomic E-state index is -1.35. The Labute approximate surface area is 151 Å². The third kappa shape index (κ3) is 2.33. The number of aliphatic hydroxyl groups is 1. The molecule has 0 spiro atoms. The van der Waals surface area contributed by atoms with E-state index in [0.29, 0.717) is 17.1 Å². The largest absolute Gasteiger partial charge is 0.496 e. The number of benzene rings is 3. The molecule has 0 radical (unpaired) electrons. The normalized spacial score (nSPS) is 18.2. The van der Waals surface area contributed by atoms with Crippen molar-refractivity contribution in [1.29, 1.82) is 0 Å². The molecule has 1 N–H and O–H groups in total. The molecule has 1 aliphatic rings. The standard InChI is InChI=1S/C21H18O3S/c1-23-16-10-5-3-8-14(16)21(22)15-9-4-6-12-18(15)25-19-13-7-11-17(24-2)20(19)21/h3-13,22H,1-2H3. The van der Waals surface area contributed by atoms with Gasteiger partial charge in [0.25, 0.3) is 0 Å². The van der Waals surface area contributed by atoms with E-state index in [0.717, 1.165) is 20.9 Å². The topological polar surface area (TPSA) is 38.7 Å². The van der Waals surface area contributed by atoms with Crippen LogP contribution in [0.2, 0.25) is 0 Å². The van der Waals surface area contributed by atoms with Crippen LogP contribution in [-0.4, -0.2) is 19.3 Å². The van der Waals surface area contributed by atoms with Crippen LogP contribution in [0.5, 0.6) is 11.5 Å². The summed E-state index contributed by atoms with van der Waals surface area (Å²) in [5.74, 6) is 1.30. The minimum absolute atomic E-state index is 0.642. The Hall–Kier alpha value is -2.43. The fourth-order valence-electron chi connectivity index (χ4n) is 3.45. The van der Waals surface area contributed by atoms with Crippen molar-refractivity contribution in [2.75, 3.05) is 14.2 Å². The second kappa shape index (κ2) is 6.14. The van der Waals surface area contributed by atoms with Crippen molar-refractivity contribution < 1.29 is 14.6 Å².